The molecule has 2 aromatic carbocycles. The number of hydrogen-bond acceptors (Lipinski definition) is 4. The molecule has 0 aliphatic heterocycles. The van der Waals surface area contributed by atoms with Gasteiger partial charge in [0, 0.05) is 15.5 Å². The van der Waals surface area contributed by atoms with Gasteiger partial charge in [0.2, 0.25) is 0 Å². The van der Waals surface area contributed by atoms with Crippen LogP contribution in [0.25, 0.3) is 0 Å². The average Bonchev–Trinajstić information content (AvgIpc) is 2.46. The van der Waals surface area contributed by atoms with Crippen molar-refractivity contribution in [3.8, 4) is 5.75 Å². The summed E-state index contributed by atoms with van der Waals surface area (Å²) in [5, 5.41) is 12.5. The van der Waals surface area contributed by atoms with Crippen LogP contribution in [0.15, 0.2) is 45.3 Å². The molecule has 0 radical (unpaired) electrons. The number of rotatable bonds is 4. The molecule has 110 valence electrons. The van der Waals surface area contributed by atoms with Gasteiger partial charge in [0.1, 0.15) is 5.75 Å². The maximum Gasteiger partial charge on any atom is 0.340 e. The second kappa shape index (κ2) is 6.95. The van der Waals surface area contributed by atoms with E-state index < -0.39 is 5.97 Å². The number of benzene rings is 2. The number of phenolic OH excluding ortho intramolecular Hbond substituents is 1. The van der Waals surface area contributed by atoms with Crippen molar-refractivity contribution in [3.05, 3.63) is 56.5 Å². The SMILES string of the molecule is COC(=O)c1cc(Br)cc(Br)c1NCc1ccc(O)cc1. The Balaban J connectivity index is 2.26. The Kier molecular flexibility index (Phi) is 5.25. The maximum atomic E-state index is 11.9. The Morgan fingerprint density at radius 1 is 1.24 bits per heavy atom. The molecule has 2 rings (SSSR count). The van der Waals surface area contributed by atoms with Crippen molar-refractivity contribution in [1.82, 2.24) is 0 Å². The zero-order valence-corrected chi connectivity index (χ0v) is 14.4. The van der Waals surface area contributed by atoms with Crippen molar-refractivity contribution < 1.29 is 14.6 Å². The van der Waals surface area contributed by atoms with E-state index in [2.05, 4.69) is 37.2 Å². The molecule has 6 heteroatoms. The van der Waals surface area contributed by atoms with Crippen LogP contribution in [0.2, 0.25) is 0 Å². The molecule has 0 amide bonds. The molecule has 0 aliphatic carbocycles. The number of ether oxygens (including phenoxy) is 1. The highest BCUT2D eigenvalue weighted by Gasteiger charge is 2.15. The van der Waals surface area contributed by atoms with Gasteiger partial charge in [-0.15, -0.1) is 0 Å². The van der Waals surface area contributed by atoms with Crippen molar-refractivity contribution in [2.75, 3.05) is 12.4 Å². The van der Waals surface area contributed by atoms with E-state index in [-0.39, 0.29) is 5.75 Å². The Morgan fingerprint density at radius 2 is 1.90 bits per heavy atom. The predicted octanol–water partition coefficient (Wildman–Crippen LogP) is 4.32. The number of halogens is 2. The molecule has 0 spiro atoms. The molecule has 0 aliphatic rings. The van der Waals surface area contributed by atoms with Crippen LogP contribution in [-0.2, 0) is 11.3 Å². The first-order chi connectivity index (χ1) is 10.0. The van der Waals surface area contributed by atoms with Gasteiger partial charge in [-0.05, 0) is 45.8 Å². The lowest BCUT2D eigenvalue weighted by Crippen LogP contribution is -2.09. The van der Waals surface area contributed by atoms with E-state index in [1.807, 2.05) is 18.2 Å². The molecule has 0 atom stereocenters. The molecule has 0 saturated carbocycles. The first kappa shape index (κ1) is 15.9. The summed E-state index contributed by atoms with van der Waals surface area (Å²) in [6.07, 6.45) is 0. The van der Waals surface area contributed by atoms with Crippen LogP contribution in [0.5, 0.6) is 5.75 Å². The van der Waals surface area contributed by atoms with Crippen LogP contribution in [0.3, 0.4) is 0 Å². The van der Waals surface area contributed by atoms with Crippen molar-refractivity contribution in [2.45, 2.75) is 6.54 Å². The van der Waals surface area contributed by atoms with Crippen molar-refractivity contribution >= 4 is 43.5 Å². The van der Waals surface area contributed by atoms with Crippen LogP contribution in [0.4, 0.5) is 5.69 Å². The summed E-state index contributed by atoms with van der Waals surface area (Å²) >= 11 is 6.80. The quantitative estimate of drug-likeness (QED) is 0.731. The van der Waals surface area contributed by atoms with Crippen LogP contribution < -0.4 is 5.32 Å². The molecular weight excluding hydrogens is 402 g/mol. The van der Waals surface area contributed by atoms with E-state index in [0.29, 0.717) is 17.8 Å². The summed E-state index contributed by atoms with van der Waals surface area (Å²) in [5.41, 5.74) is 2.09. The molecule has 0 aromatic heterocycles. The van der Waals surface area contributed by atoms with Crippen molar-refractivity contribution in [3.63, 3.8) is 0 Å². The van der Waals surface area contributed by atoms with Crippen LogP contribution >= 0.6 is 31.9 Å². The maximum absolute atomic E-state index is 11.9. The summed E-state index contributed by atoms with van der Waals surface area (Å²) in [6, 6.07) is 10.4. The highest BCUT2D eigenvalue weighted by Crippen LogP contribution is 2.31. The summed E-state index contributed by atoms with van der Waals surface area (Å²) in [5.74, 6) is -0.191. The standard InChI is InChI=1S/C15H13Br2NO3/c1-21-15(20)12-6-10(16)7-13(17)14(12)18-8-9-2-4-11(19)5-3-9/h2-7,18-19H,8H2,1H3. The number of nitrogens with one attached hydrogen (secondary N) is 1. The minimum Gasteiger partial charge on any atom is -0.508 e. The van der Waals surface area contributed by atoms with E-state index in [4.69, 9.17) is 4.74 Å². The van der Waals surface area contributed by atoms with Gasteiger partial charge in [-0.25, -0.2) is 4.79 Å². The first-order valence-corrected chi connectivity index (χ1v) is 7.69. The Hall–Kier alpha value is -1.53. The van der Waals surface area contributed by atoms with Crippen LogP contribution in [0, 0.1) is 0 Å². The summed E-state index contributed by atoms with van der Waals surface area (Å²) < 4.78 is 6.34. The number of methoxy groups -OCH3 is 1. The third-order valence-electron chi connectivity index (χ3n) is 2.87. The third kappa shape index (κ3) is 3.98. The smallest absolute Gasteiger partial charge is 0.340 e. The minimum absolute atomic E-state index is 0.221. The number of carbonyl (C=O) groups excluding carboxylic acids is 1. The topological polar surface area (TPSA) is 58.6 Å². The fraction of sp³-hybridized carbons (Fsp3) is 0.133. The monoisotopic (exact) mass is 413 g/mol. The largest absolute Gasteiger partial charge is 0.508 e. The van der Waals surface area contributed by atoms with E-state index in [1.54, 1.807) is 18.2 Å². The van der Waals surface area contributed by atoms with Gasteiger partial charge in [-0.1, -0.05) is 28.1 Å². The summed E-state index contributed by atoms with van der Waals surface area (Å²) in [4.78, 5) is 11.9. The number of hydrogen-bond donors (Lipinski definition) is 2. The molecule has 0 heterocycles. The predicted molar refractivity (Wildman–Crippen MR) is 88.6 cm³/mol. The minimum atomic E-state index is -0.412. The van der Waals surface area contributed by atoms with Gasteiger partial charge in [0.15, 0.2) is 0 Å². The number of phenols is 1. The highest BCUT2D eigenvalue weighted by molar-refractivity contribution is 9.11. The van der Waals surface area contributed by atoms with E-state index >= 15 is 0 Å². The van der Waals surface area contributed by atoms with E-state index in [9.17, 15) is 9.90 Å². The number of esters is 1. The fourth-order valence-corrected chi connectivity index (χ4v) is 3.19. The molecule has 21 heavy (non-hydrogen) atoms. The van der Waals surface area contributed by atoms with Crippen LogP contribution in [0.1, 0.15) is 15.9 Å². The molecule has 0 bridgehead atoms. The fourth-order valence-electron chi connectivity index (χ4n) is 1.83. The second-order valence-corrected chi connectivity index (χ2v) is 6.09. The van der Waals surface area contributed by atoms with E-state index in [1.165, 1.54) is 7.11 Å². The lowest BCUT2D eigenvalue weighted by atomic mass is 10.1. The molecular formula is C15H13Br2NO3. The molecule has 4 nitrogen and oxygen atoms in total. The van der Waals surface area contributed by atoms with Gasteiger partial charge < -0.3 is 15.2 Å². The van der Waals surface area contributed by atoms with Gasteiger partial charge in [0.25, 0.3) is 0 Å². The zero-order valence-electron chi connectivity index (χ0n) is 11.2. The molecule has 0 saturated heterocycles. The number of carbonyl (C=O) groups is 1. The number of aromatic hydroxyl groups is 1. The van der Waals surface area contributed by atoms with Gasteiger partial charge in [-0.2, -0.15) is 0 Å². The third-order valence-corrected chi connectivity index (χ3v) is 3.95. The average molecular weight is 415 g/mol. The van der Waals surface area contributed by atoms with Gasteiger partial charge >= 0.3 is 5.97 Å². The normalized spacial score (nSPS) is 10.2. The Bertz CT molecular complexity index is 657. The van der Waals surface area contributed by atoms with Crippen molar-refractivity contribution in [1.29, 1.82) is 0 Å². The Labute approximate surface area is 139 Å². The summed E-state index contributed by atoms with van der Waals surface area (Å²) in [7, 11) is 1.35. The zero-order chi connectivity index (χ0) is 15.4. The number of anilines is 1. The summed E-state index contributed by atoms with van der Waals surface area (Å²) in [6.45, 7) is 0.518. The molecule has 2 N–H and O–H groups in total. The lowest BCUT2D eigenvalue weighted by Gasteiger charge is -2.13. The second-order valence-electron chi connectivity index (χ2n) is 4.32. The van der Waals surface area contributed by atoms with Gasteiger partial charge in [-0.3, -0.25) is 0 Å². The Morgan fingerprint density at radius 3 is 2.52 bits per heavy atom. The molecule has 2 aromatic rings. The molecule has 0 unspecified atom stereocenters. The van der Waals surface area contributed by atoms with Gasteiger partial charge in [0.05, 0.1) is 18.4 Å². The first-order valence-electron chi connectivity index (χ1n) is 6.10. The van der Waals surface area contributed by atoms with E-state index in [0.717, 1.165) is 14.5 Å². The lowest BCUT2D eigenvalue weighted by molar-refractivity contribution is 0.0601. The molecule has 0 fully saturated rings. The highest BCUT2D eigenvalue weighted by atomic mass is 79.9. The van der Waals surface area contributed by atoms with Crippen LogP contribution in [-0.4, -0.2) is 18.2 Å². The van der Waals surface area contributed by atoms with Crippen molar-refractivity contribution in [2.24, 2.45) is 0 Å².